The van der Waals surface area contributed by atoms with Gasteiger partial charge in [0, 0.05) is 25.0 Å². The van der Waals surface area contributed by atoms with Gasteiger partial charge in [-0.05, 0) is 33.3 Å². The van der Waals surface area contributed by atoms with Gasteiger partial charge in [-0.15, -0.1) is 0 Å². The summed E-state index contributed by atoms with van der Waals surface area (Å²) >= 11 is 12.0. The normalized spacial score (nSPS) is 12.4. The highest BCUT2D eigenvalue weighted by molar-refractivity contribution is 6.41. The van der Waals surface area contributed by atoms with Crippen LogP contribution in [0.1, 0.15) is 30.8 Å². The minimum atomic E-state index is -0.333. The van der Waals surface area contributed by atoms with Crippen LogP contribution >= 0.6 is 23.2 Å². The number of aryl methyl sites for hydroxylation is 3. The molecule has 6 nitrogen and oxygen atoms in total. The zero-order valence-electron chi connectivity index (χ0n) is 12.8. The summed E-state index contributed by atoms with van der Waals surface area (Å²) < 4.78 is 3.34. The number of halogens is 2. The van der Waals surface area contributed by atoms with Crippen LogP contribution in [0, 0.1) is 13.8 Å². The topological polar surface area (TPSA) is 64.7 Å². The molecule has 1 amide bonds. The highest BCUT2D eigenvalue weighted by Crippen LogP contribution is 2.24. The summed E-state index contributed by atoms with van der Waals surface area (Å²) in [5, 5.41) is 12.2. The van der Waals surface area contributed by atoms with E-state index in [2.05, 4.69) is 15.5 Å². The Labute approximate surface area is 139 Å². The number of amides is 1. The van der Waals surface area contributed by atoms with Gasteiger partial charge in [0.15, 0.2) is 0 Å². The molecule has 1 N–H and O–H groups in total. The van der Waals surface area contributed by atoms with Crippen molar-refractivity contribution in [3.8, 4) is 0 Å². The second-order valence-electron chi connectivity index (χ2n) is 5.15. The molecule has 0 aliphatic rings. The zero-order valence-corrected chi connectivity index (χ0v) is 14.3. The molecule has 0 saturated carbocycles. The first-order valence-corrected chi connectivity index (χ1v) is 7.83. The van der Waals surface area contributed by atoms with Gasteiger partial charge in [-0.2, -0.15) is 10.2 Å². The minimum Gasteiger partial charge on any atom is -0.354 e. The van der Waals surface area contributed by atoms with Crippen molar-refractivity contribution in [2.24, 2.45) is 0 Å². The second-order valence-corrected chi connectivity index (χ2v) is 5.89. The fourth-order valence-corrected chi connectivity index (χ4v) is 2.56. The van der Waals surface area contributed by atoms with Crippen molar-refractivity contribution < 1.29 is 4.79 Å². The summed E-state index contributed by atoms with van der Waals surface area (Å²) in [6.45, 7) is 6.68. The lowest BCUT2D eigenvalue weighted by molar-refractivity contribution is -0.124. The number of rotatable bonds is 6. The van der Waals surface area contributed by atoms with Crippen LogP contribution in [0.25, 0.3) is 0 Å². The van der Waals surface area contributed by atoms with E-state index in [0.717, 1.165) is 5.69 Å². The number of aromatic nitrogens is 4. The molecule has 2 heterocycles. The fraction of sp³-hybridized carbons (Fsp3) is 0.500. The Bertz CT molecular complexity index is 664. The Morgan fingerprint density at radius 1 is 1.41 bits per heavy atom. The van der Waals surface area contributed by atoms with Crippen LogP contribution in [0.4, 0.5) is 0 Å². The van der Waals surface area contributed by atoms with Gasteiger partial charge in [-0.25, -0.2) is 0 Å². The standard InChI is InChI=1S/C14H19Cl2N5O/c1-9-5-7-18-21(9)11(3)14(22)17-6-4-8-20-13(16)12(15)10(2)19-20/h5,7,11H,4,6,8H2,1-3H3,(H,17,22). The molecule has 2 aromatic heterocycles. The summed E-state index contributed by atoms with van der Waals surface area (Å²) in [5.74, 6) is -0.0624. The molecule has 120 valence electrons. The molecule has 8 heteroatoms. The molecule has 0 bridgehead atoms. The monoisotopic (exact) mass is 343 g/mol. The molecule has 0 aliphatic heterocycles. The lowest BCUT2D eigenvalue weighted by atomic mass is 10.3. The van der Waals surface area contributed by atoms with Gasteiger partial charge in [0.2, 0.25) is 5.91 Å². The number of carbonyl (C=O) groups excluding carboxylic acids is 1. The smallest absolute Gasteiger partial charge is 0.244 e. The van der Waals surface area contributed by atoms with Gasteiger partial charge in [0.05, 0.1) is 5.69 Å². The first kappa shape index (κ1) is 16.8. The molecular formula is C14H19Cl2N5O. The van der Waals surface area contributed by atoms with E-state index in [1.54, 1.807) is 22.5 Å². The maximum absolute atomic E-state index is 12.1. The molecule has 0 saturated heterocycles. The van der Waals surface area contributed by atoms with E-state index in [1.807, 2.05) is 19.9 Å². The SMILES string of the molecule is Cc1nn(CCCNC(=O)C(C)n2nccc2C)c(Cl)c1Cl. The van der Waals surface area contributed by atoms with Gasteiger partial charge in [0.1, 0.15) is 16.2 Å². The first-order valence-electron chi connectivity index (χ1n) is 7.08. The van der Waals surface area contributed by atoms with Crippen molar-refractivity contribution in [2.45, 2.75) is 39.8 Å². The lowest BCUT2D eigenvalue weighted by Crippen LogP contribution is -2.33. The maximum Gasteiger partial charge on any atom is 0.244 e. The van der Waals surface area contributed by atoms with Gasteiger partial charge >= 0.3 is 0 Å². The van der Waals surface area contributed by atoms with Crippen molar-refractivity contribution in [2.75, 3.05) is 6.54 Å². The Morgan fingerprint density at radius 2 is 2.14 bits per heavy atom. The second kappa shape index (κ2) is 7.15. The third kappa shape index (κ3) is 3.62. The molecule has 0 fully saturated rings. The third-order valence-corrected chi connectivity index (χ3v) is 4.39. The van der Waals surface area contributed by atoms with Crippen LogP contribution in [0.15, 0.2) is 12.3 Å². The molecule has 0 spiro atoms. The van der Waals surface area contributed by atoms with E-state index in [-0.39, 0.29) is 11.9 Å². The Kier molecular flexibility index (Phi) is 5.47. The van der Waals surface area contributed by atoms with Crippen LogP contribution in [-0.4, -0.2) is 32.0 Å². The molecular weight excluding hydrogens is 325 g/mol. The van der Waals surface area contributed by atoms with Crippen LogP contribution in [0.2, 0.25) is 10.2 Å². The van der Waals surface area contributed by atoms with Crippen molar-refractivity contribution in [3.05, 3.63) is 33.8 Å². The molecule has 22 heavy (non-hydrogen) atoms. The van der Waals surface area contributed by atoms with Gasteiger partial charge < -0.3 is 5.32 Å². The number of nitrogens with one attached hydrogen (secondary N) is 1. The average molecular weight is 344 g/mol. The minimum absolute atomic E-state index is 0.0624. The summed E-state index contributed by atoms with van der Waals surface area (Å²) in [6, 6.07) is 1.54. The molecule has 2 aromatic rings. The number of hydrogen-bond donors (Lipinski definition) is 1. The molecule has 0 radical (unpaired) electrons. The van der Waals surface area contributed by atoms with Crippen molar-refractivity contribution in [1.29, 1.82) is 0 Å². The van der Waals surface area contributed by atoms with E-state index < -0.39 is 0 Å². The predicted octanol–water partition coefficient (Wildman–Crippen LogP) is 2.77. The quantitative estimate of drug-likeness (QED) is 0.820. The molecule has 0 aromatic carbocycles. The van der Waals surface area contributed by atoms with Crippen LogP contribution in [0.5, 0.6) is 0 Å². The van der Waals surface area contributed by atoms with E-state index in [1.165, 1.54) is 0 Å². The zero-order chi connectivity index (χ0) is 16.3. The van der Waals surface area contributed by atoms with E-state index in [0.29, 0.717) is 35.4 Å². The van der Waals surface area contributed by atoms with Crippen LogP contribution in [0.3, 0.4) is 0 Å². The Hall–Kier alpha value is -1.53. The van der Waals surface area contributed by atoms with Gasteiger partial charge in [0.25, 0.3) is 0 Å². The summed E-state index contributed by atoms with van der Waals surface area (Å²) in [4.78, 5) is 12.1. The maximum atomic E-state index is 12.1. The summed E-state index contributed by atoms with van der Waals surface area (Å²) in [5.41, 5.74) is 1.66. The number of hydrogen-bond acceptors (Lipinski definition) is 3. The third-order valence-electron chi connectivity index (χ3n) is 3.46. The number of nitrogens with zero attached hydrogens (tertiary/aromatic N) is 4. The number of carbonyl (C=O) groups is 1. The predicted molar refractivity (Wildman–Crippen MR) is 86.3 cm³/mol. The van der Waals surface area contributed by atoms with Gasteiger partial charge in [-0.3, -0.25) is 14.2 Å². The summed E-state index contributed by atoms with van der Waals surface area (Å²) in [7, 11) is 0. The average Bonchev–Trinajstić information content (AvgIpc) is 3.02. The molecule has 1 atom stereocenters. The van der Waals surface area contributed by atoms with Crippen molar-refractivity contribution >= 4 is 29.1 Å². The molecule has 0 aliphatic carbocycles. The molecule has 1 unspecified atom stereocenters. The van der Waals surface area contributed by atoms with Crippen LogP contribution in [-0.2, 0) is 11.3 Å². The van der Waals surface area contributed by atoms with E-state index in [4.69, 9.17) is 23.2 Å². The van der Waals surface area contributed by atoms with Crippen molar-refractivity contribution in [1.82, 2.24) is 24.9 Å². The van der Waals surface area contributed by atoms with Crippen LogP contribution < -0.4 is 5.32 Å². The lowest BCUT2D eigenvalue weighted by Gasteiger charge is -2.14. The Balaban J connectivity index is 1.80. The van der Waals surface area contributed by atoms with E-state index in [9.17, 15) is 4.79 Å². The largest absolute Gasteiger partial charge is 0.354 e. The highest BCUT2D eigenvalue weighted by Gasteiger charge is 2.16. The highest BCUT2D eigenvalue weighted by atomic mass is 35.5. The fourth-order valence-electron chi connectivity index (χ4n) is 2.16. The van der Waals surface area contributed by atoms with Crippen molar-refractivity contribution in [3.63, 3.8) is 0 Å². The first-order chi connectivity index (χ1) is 10.4. The Morgan fingerprint density at radius 3 is 2.68 bits per heavy atom. The van der Waals surface area contributed by atoms with Gasteiger partial charge in [-0.1, -0.05) is 23.2 Å². The van der Waals surface area contributed by atoms with E-state index >= 15 is 0 Å². The molecule has 2 rings (SSSR count). The summed E-state index contributed by atoms with van der Waals surface area (Å²) in [6.07, 6.45) is 2.40.